The number of unbranched alkanes of at least 4 members (excludes halogenated alkanes) is 17. The van der Waals surface area contributed by atoms with E-state index >= 15 is 0 Å². The molecule has 0 amide bonds. The molecule has 0 unspecified atom stereocenters. The molecule has 1 radical (unpaired) electrons. The molecular weight excluding hydrogens is 292 g/mol. The van der Waals surface area contributed by atoms with Crippen LogP contribution in [-0.2, 0) is 4.74 Å². The van der Waals surface area contributed by atoms with E-state index in [1.54, 1.807) is 0 Å². The molecule has 0 atom stereocenters. The summed E-state index contributed by atoms with van der Waals surface area (Å²) in [4.78, 5) is 0. The Morgan fingerprint density at radius 2 is 0.792 bits per heavy atom. The van der Waals surface area contributed by atoms with E-state index in [9.17, 15) is 0 Å². The third kappa shape index (κ3) is 22.0. The first-order valence-corrected chi connectivity index (χ1v) is 11.3. The molecule has 0 saturated heterocycles. The third-order valence-electron chi connectivity index (χ3n) is 4.93. The Labute approximate surface area is 154 Å². The van der Waals surface area contributed by atoms with Crippen LogP contribution in [0, 0.1) is 6.92 Å². The Morgan fingerprint density at radius 3 is 1.17 bits per heavy atom. The van der Waals surface area contributed by atoms with Crippen LogP contribution in [0.15, 0.2) is 0 Å². The summed E-state index contributed by atoms with van der Waals surface area (Å²) in [5.74, 6) is 0. The lowest BCUT2D eigenvalue weighted by atomic mass is 10.0. The summed E-state index contributed by atoms with van der Waals surface area (Å²) in [6.45, 7) is 8.11. The minimum atomic E-state index is 0.968. The fraction of sp³-hybridized carbons (Fsp3) is 0.957. The van der Waals surface area contributed by atoms with E-state index < -0.39 is 0 Å². The molecule has 0 spiro atoms. The zero-order chi connectivity index (χ0) is 17.6. The van der Waals surface area contributed by atoms with E-state index in [1.807, 2.05) is 0 Å². The van der Waals surface area contributed by atoms with Gasteiger partial charge in [-0.05, 0) is 12.8 Å². The van der Waals surface area contributed by atoms with Gasteiger partial charge >= 0.3 is 0 Å². The maximum absolute atomic E-state index is 5.71. The van der Waals surface area contributed by atoms with Crippen LogP contribution in [0.1, 0.15) is 129 Å². The average Bonchev–Trinajstić information content (AvgIpc) is 2.60. The summed E-state index contributed by atoms with van der Waals surface area (Å²) < 4.78 is 5.71. The second-order valence-electron chi connectivity index (χ2n) is 7.48. The van der Waals surface area contributed by atoms with Gasteiger partial charge in [-0.15, -0.1) is 0 Å². The Morgan fingerprint density at radius 1 is 0.458 bits per heavy atom. The molecular formula is C23H47O. The Kier molecular flexibility index (Phi) is 22.9. The van der Waals surface area contributed by atoms with Crippen LogP contribution < -0.4 is 0 Å². The average molecular weight is 340 g/mol. The van der Waals surface area contributed by atoms with Crippen molar-refractivity contribution >= 4 is 0 Å². The van der Waals surface area contributed by atoms with Crippen LogP contribution >= 0.6 is 0 Å². The lowest BCUT2D eigenvalue weighted by Crippen LogP contribution is -1.97. The zero-order valence-electron chi connectivity index (χ0n) is 17.0. The van der Waals surface area contributed by atoms with Crippen LogP contribution in [0.25, 0.3) is 0 Å². The van der Waals surface area contributed by atoms with Crippen molar-refractivity contribution in [2.24, 2.45) is 0 Å². The molecule has 0 N–H and O–H groups in total. The van der Waals surface area contributed by atoms with E-state index in [-0.39, 0.29) is 0 Å². The Hall–Kier alpha value is -0.0400. The lowest BCUT2D eigenvalue weighted by molar-refractivity contribution is 0.125. The second kappa shape index (κ2) is 23.0. The van der Waals surface area contributed by atoms with Crippen LogP contribution in [-0.4, -0.2) is 13.2 Å². The van der Waals surface area contributed by atoms with Crippen LogP contribution in [0.2, 0.25) is 0 Å². The largest absolute Gasteiger partial charge is 0.381 e. The maximum atomic E-state index is 5.71. The molecule has 1 heteroatoms. The quantitative estimate of drug-likeness (QED) is 0.191. The van der Waals surface area contributed by atoms with Crippen LogP contribution in [0.4, 0.5) is 0 Å². The first kappa shape index (κ1) is 24.0. The number of ether oxygens (including phenoxy) is 1. The van der Waals surface area contributed by atoms with E-state index in [4.69, 9.17) is 4.74 Å². The molecule has 0 aliphatic carbocycles. The van der Waals surface area contributed by atoms with Crippen LogP contribution in [0.3, 0.4) is 0 Å². The summed E-state index contributed by atoms with van der Waals surface area (Å²) in [6, 6.07) is 0. The molecule has 0 bridgehead atoms. The van der Waals surface area contributed by atoms with Crippen molar-refractivity contribution in [2.45, 2.75) is 129 Å². The van der Waals surface area contributed by atoms with Crippen molar-refractivity contribution < 1.29 is 4.74 Å². The third-order valence-corrected chi connectivity index (χ3v) is 4.93. The molecule has 0 aromatic heterocycles. The van der Waals surface area contributed by atoms with Gasteiger partial charge in [-0.1, -0.05) is 123 Å². The lowest BCUT2D eigenvalue weighted by Gasteiger charge is -2.05. The van der Waals surface area contributed by atoms with Crippen molar-refractivity contribution in [3.05, 3.63) is 6.92 Å². The van der Waals surface area contributed by atoms with Gasteiger partial charge in [-0.25, -0.2) is 0 Å². The molecule has 0 saturated carbocycles. The summed E-state index contributed by atoms with van der Waals surface area (Å²) in [7, 11) is 0. The van der Waals surface area contributed by atoms with Crippen molar-refractivity contribution in [1.29, 1.82) is 0 Å². The Bertz CT molecular complexity index is 180. The van der Waals surface area contributed by atoms with Gasteiger partial charge in [0.25, 0.3) is 0 Å². The van der Waals surface area contributed by atoms with Gasteiger partial charge in [0.05, 0.1) is 0 Å². The standard InChI is InChI=1S/C23H47O/c1-3-5-7-9-10-11-12-13-14-15-16-17-19-21-23-24-22-20-18-8-6-4-2/h2-23H2,1H3. The van der Waals surface area contributed by atoms with Crippen molar-refractivity contribution in [3.63, 3.8) is 0 Å². The summed E-state index contributed by atoms with van der Waals surface area (Å²) >= 11 is 0. The highest BCUT2D eigenvalue weighted by molar-refractivity contribution is 4.49. The predicted octanol–water partition coefficient (Wildman–Crippen LogP) is 8.27. The van der Waals surface area contributed by atoms with E-state index in [0.717, 1.165) is 19.6 Å². The van der Waals surface area contributed by atoms with Crippen molar-refractivity contribution in [3.8, 4) is 0 Å². The van der Waals surface area contributed by atoms with Gasteiger partial charge in [-0.2, -0.15) is 0 Å². The number of rotatable bonds is 21. The predicted molar refractivity (Wildman–Crippen MR) is 110 cm³/mol. The van der Waals surface area contributed by atoms with Crippen molar-refractivity contribution in [2.75, 3.05) is 13.2 Å². The normalized spacial score (nSPS) is 11.2. The molecule has 0 aliphatic rings. The van der Waals surface area contributed by atoms with Gasteiger partial charge in [0.1, 0.15) is 0 Å². The first-order valence-electron chi connectivity index (χ1n) is 11.3. The smallest absolute Gasteiger partial charge is 0.0466 e. The zero-order valence-corrected chi connectivity index (χ0v) is 17.0. The SMILES string of the molecule is [CH2]CCCCCCOCCCCCCCCCCCCCCCC. The highest BCUT2D eigenvalue weighted by Gasteiger charge is 1.95. The highest BCUT2D eigenvalue weighted by atomic mass is 16.5. The molecule has 0 aromatic carbocycles. The van der Waals surface area contributed by atoms with Gasteiger partial charge in [0, 0.05) is 13.2 Å². The summed E-state index contributed by atoms with van der Waals surface area (Å²) in [5, 5.41) is 0. The summed E-state index contributed by atoms with van der Waals surface area (Å²) in [5.41, 5.74) is 0. The van der Waals surface area contributed by atoms with E-state index in [2.05, 4.69) is 13.8 Å². The number of hydrogen-bond acceptors (Lipinski definition) is 1. The maximum Gasteiger partial charge on any atom is 0.0466 e. The monoisotopic (exact) mass is 339 g/mol. The molecule has 24 heavy (non-hydrogen) atoms. The molecule has 0 aromatic rings. The summed E-state index contributed by atoms with van der Waals surface area (Å²) in [6.07, 6.45) is 26.2. The number of hydrogen-bond donors (Lipinski definition) is 0. The van der Waals surface area contributed by atoms with Gasteiger partial charge in [0.15, 0.2) is 0 Å². The Balaban J connectivity index is 2.93. The first-order chi connectivity index (χ1) is 11.9. The molecule has 0 heterocycles. The topological polar surface area (TPSA) is 9.23 Å². The molecule has 1 nitrogen and oxygen atoms in total. The molecule has 0 fully saturated rings. The van der Waals surface area contributed by atoms with E-state index in [0.29, 0.717) is 0 Å². The molecule has 0 rings (SSSR count). The van der Waals surface area contributed by atoms with E-state index in [1.165, 1.54) is 116 Å². The molecule has 0 aliphatic heterocycles. The van der Waals surface area contributed by atoms with Gasteiger partial charge in [0.2, 0.25) is 0 Å². The minimum Gasteiger partial charge on any atom is -0.381 e. The fourth-order valence-corrected chi connectivity index (χ4v) is 3.24. The molecule has 145 valence electrons. The van der Waals surface area contributed by atoms with Gasteiger partial charge in [-0.3, -0.25) is 0 Å². The highest BCUT2D eigenvalue weighted by Crippen LogP contribution is 2.13. The van der Waals surface area contributed by atoms with Crippen LogP contribution in [0.5, 0.6) is 0 Å². The fourth-order valence-electron chi connectivity index (χ4n) is 3.24. The van der Waals surface area contributed by atoms with Crippen molar-refractivity contribution in [1.82, 2.24) is 0 Å². The minimum absolute atomic E-state index is 0.968. The van der Waals surface area contributed by atoms with Gasteiger partial charge < -0.3 is 4.74 Å². The second-order valence-corrected chi connectivity index (χ2v) is 7.48.